The number of anilines is 2. The number of nitrogens with zero attached hydrogens (tertiary/aromatic N) is 2. The molecule has 1 aliphatic carbocycles. The van der Waals surface area contributed by atoms with Crippen molar-refractivity contribution in [2.45, 2.75) is 38.5 Å². The molecule has 6 nitrogen and oxygen atoms in total. The first-order valence-electron chi connectivity index (χ1n) is 12.3. The van der Waals surface area contributed by atoms with E-state index in [2.05, 4.69) is 22.3 Å². The fraction of sp³-hybridized carbons (Fsp3) is 0.481. The van der Waals surface area contributed by atoms with Gasteiger partial charge in [-0.15, -0.1) is 0 Å². The van der Waals surface area contributed by atoms with Gasteiger partial charge in [0, 0.05) is 49.0 Å². The molecular weight excluding hydrogens is 450 g/mol. The second-order valence-corrected chi connectivity index (χ2v) is 10.3. The number of hydrogen-bond acceptors (Lipinski definition) is 4. The highest BCUT2D eigenvalue weighted by Gasteiger charge is 2.58. The van der Waals surface area contributed by atoms with E-state index in [0.29, 0.717) is 29.5 Å². The SMILES string of the molecule is COc1ccc(NC(=O)C2CC23CCN(C(=O)c2ccc(N4CCCCC4)cc2)CC3)cc1Cl. The number of likely N-dealkylation sites (tertiary alicyclic amines) is 1. The molecule has 2 heterocycles. The van der Waals surface area contributed by atoms with Gasteiger partial charge in [0.05, 0.1) is 12.1 Å². The van der Waals surface area contributed by atoms with Crippen LogP contribution in [0.1, 0.15) is 48.9 Å². The third-order valence-electron chi connectivity index (χ3n) is 7.81. The van der Waals surface area contributed by atoms with Gasteiger partial charge in [0.2, 0.25) is 5.91 Å². The normalized spacial score (nSPS) is 21.3. The minimum Gasteiger partial charge on any atom is -0.495 e. The number of piperidine rings is 2. The highest BCUT2D eigenvalue weighted by molar-refractivity contribution is 6.32. The second kappa shape index (κ2) is 9.49. The molecule has 0 bridgehead atoms. The first-order valence-corrected chi connectivity index (χ1v) is 12.7. The molecule has 2 aromatic carbocycles. The maximum Gasteiger partial charge on any atom is 0.253 e. The number of halogens is 1. The Kier molecular flexibility index (Phi) is 6.43. The van der Waals surface area contributed by atoms with Gasteiger partial charge in [-0.3, -0.25) is 9.59 Å². The van der Waals surface area contributed by atoms with Crippen LogP contribution in [0.15, 0.2) is 42.5 Å². The Morgan fingerprint density at radius 1 is 1.00 bits per heavy atom. The zero-order chi connectivity index (χ0) is 23.7. The van der Waals surface area contributed by atoms with Crippen LogP contribution in [0.2, 0.25) is 5.02 Å². The van der Waals surface area contributed by atoms with Crippen molar-refractivity contribution in [3.63, 3.8) is 0 Å². The summed E-state index contributed by atoms with van der Waals surface area (Å²) in [6, 6.07) is 13.4. The van der Waals surface area contributed by atoms with Crippen LogP contribution in [0, 0.1) is 11.3 Å². The van der Waals surface area contributed by atoms with E-state index in [-0.39, 0.29) is 23.1 Å². The van der Waals surface area contributed by atoms with E-state index in [4.69, 9.17) is 16.3 Å². The van der Waals surface area contributed by atoms with Crippen molar-refractivity contribution in [1.29, 1.82) is 0 Å². The summed E-state index contributed by atoms with van der Waals surface area (Å²) in [7, 11) is 1.56. The van der Waals surface area contributed by atoms with Crippen LogP contribution in [0.25, 0.3) is 0 Å². The summed E-state index contributed by atoms with van der Waals surface area (Å²) in [6.45, 7) is 3.60. The van der Waals surface area contributed by atoms with Gasteiger partial charge in [-0.1, -0.05) is 11.6 Å². The number of methoxy groups -OCH3 is 1. The number of carbonyl (C=O) groups is 2. The molecule has 5 rings (SSSR count). The molecule has 1 saturated carbocycles. The molecule has 1 N–H and O–H groups in total. The van der Waals surface area contributed by atoms with E-state index in [0.717, 1.165) is 37.9 Å². The molecule has 1 atom stereocenters. The fourth-order valence-corrected chi connectivity index (χ4v) is 5.81. The van der Waals surface area contributed by atoms with Gasteiger partial charge in [0.15, 0.2) is 0 Å². The molecule has 3 aliphatic rings. The fourth-order valence-electron chi connectivity index (χ4n) is 5.55. The third-order valence-corrected chi connectivity index (χ3v) is 8.10. The molecular formula is C27H32ClN3O3. The summed E-state index contributed by atoms with van der Waals surface area (Å²) in [5.74, 6) is 0.707. The predicted octanol–water partition coefficient (Wildman–Crippen LogP) is 5.22. The van der Waals surface area contributed by atoms with Crippen LogP contribution in [-0.4, -0.2) is 50.0 Å². The van der Waals surface area contributed by atoms with Crippen molar-refractivity contribution < 1.29 is 14.3 Å². The topological polar surface area (TPSA) is 61.9 Å². The zero-order valence-corrected chi connectivity index (χ0v) is 20.4. The predicted molar refractivity (Wildman–Crippen MR) is 135 cm³/mol. The Hall–Kier alpha value is -2.73. The summed E-state index contributed by atoms with van der Waals surface area (Å²) in [5.41, 5.74) is 2.66. The van der Waals surface area contributed by atoms with E-state index < -0.39 is 0 Å². The number of rotatable bonds is 5. The first kappa shape index (κ1) is 23.0. The van der Waals surface area contributed by atoms with Crippen LogP contribution in [0.5, 0.6) is 5.75 Å². The molecule has 2 amide bonds. The lowest BCUT2D eigenvalue weighted by atomic mass is 9.90. The second-order valence-electron chi connectivity index (χ2n) is 9.84. The Bertz CT molecular complexity index is 1060. The highest BCUT2D eigenvalue weighted by atomic mass is 35.5. The lowest BCUT2D eigenvalue weighted by Crippen LogP contribution is -2.40. The Balaban J connectivity index is 1.14. The van der Waals surface area contributed by atoms with E-state index in [9.17, 15) is 9.59 Å². The summed E-state index contributed by atoms with van der Waals surface area (Å²) < 4.78 is 5.17. The smallest absolute Gasteiger partial charge is 0.253 e. The van der Waals surface area contributed by atoms with E-state index in [1.165, 1.54) is 24.9 Å². The van der Waals surface area contributed by atoms with Crippen molar-refractivity contribution in [2.75, 3.05) is 43.5 Å². The van der Waals surface area contributed by atoms with Gasteiger partial charge in [-0.2, -0.15) is 0 Å². The molecule has 2 aromatic rings. The van der Waals surface area contributed by atoms with Crippen molar-refractivity contribution in [2.24, 2.45) is 11.3 Å². The lowest BCUT2D eigenvalue weighted by molar-refractivity contribution is -0.118. The first-order chi connectivity index (χ1) is 16.5. The molecule has 3 fully saturated rings. The maximum atomic E-state index is 13.1. The van der Waals surface area contributed by atoms with Crippen molar-refractivity contribution in [3.8, 4) is 5.75 Å². The number of hydrogen-bond donors (Lipinski definition) is 1. The van der Waals surface area contributed by atoms with E-state index in [1.54, 1.807) is 25.3 Å². The Morgan fingerprint density at radius 3 is 2.35 bits per heavy atom. The number of ether oxygens (including phenoxy) is 1. The van der Waals surface area contributed by atoms with Crippen molar-refractivity contribution >= 4 is 34.8 Å². The van der Waals surface area contributed by atoms with Crippen LogP contribution in [0.3, 0.4) is 0 Å². The number of nitrogens with one attached hydrogen (secondary N) is 1. The average molecular weight is 482 g/mol. The van der Waals surface area contributed by atoms with Crippen molar-refractivity contribution in [1.82, 2.24) is 4.90 Å². The summed E-state index contributed by atoms with van der Waals surface area (Å²) in [4.78, 5) is 30.3. The largest absolute Gasteiger partial charge is 0.495 e. The minimum absolute atomic E-state index is 0.00513. The average Bonchev–Trinajstić information content (AvgIpc) is 3.58. The number of amides is 2. The molecule has 0 aromatic heterocycles. The number of carbonyl (C=O) groups excluding carboxylic acids is 2. The van der Waals surface area contributed by atoms with Crippen molar-refractivity contribution in [3.05, 3.63) is 53.1 Å². The standard InChI is InChI=1S/C27H32ClN3O3/c1-34-24-10-7-20(17-23(24)28)29-25(32)22-18-27(22)11-15-31(16-12-27)26(33)19-5-8-21(9-6-19)30-13-3-2-4-14-30/h5-10,17,22H,2-4,11-16,18H2,1H3,(H,29,32). The van der Waals surface area contributed by atoms with Crippen LogP contribution in [-0.2, 0) is 4.79 Å². The molecule has 0 radical (unpaired) electrons. The summed E-state index contributed by atoms with van der Waals surface area (Å²) >= 11 is 6.18. The molecule has 180 valence electrons. The number of benzene rings is 2. The van der Waals surface area contributed by atoms with E-state index >= 15 is 0 Å². The van der Waals surface area contributed by atoms with Gasteiger partial charge < -0.3 is 19.9 Å². The lowest BCUT2D eigenvalue weighted by Gasteiger charge is -2.33. The van der Waals surface area contributed by atoms with Gasteiger partial charge in [-0.05, 0) is 86.4 Å². The maximum absolute atomic E-state index is 13.1. The van der Waals surface area contributed by atoms with Gasteiger partial charge in [0.25, 0.3) is 5.91 Å². The van der Waals surface area contributed by atoms with Crippen LogP contribution >= 0.6 is 11.6 Å². The molecule has 1 spiro atoms. The van der Waals surface area contributed by atoms with Crippen LogP contribution < -0.4 is 15.0 Å². The van der Waals surface area contributed by atoms with Gasteiger partial charge >= 0.3 is 0 Å². The molecule has 1 unspecified atom stereocenters. The van der Waals surface area contributed by atoms with E-state index in [1.807, 2.05) is 17.0 Å². The third kappa shape index (κ3) is 4.61. The van der Waals surface area contributed by atoms with Gasteiger partial charge in [0.1, 0.15) is 5.75 Å². The highest BCUT2D eigenvalue weighted by Crippen LogP contribution is 2.59. The Labute approximate surface area is 206 Å². The molecule has 34 heavy (non-hydrogen) atoms. The van der Waals surface area contributed by atoms with Gasteiger partial charge in [-0.25, -0.2) is 0 Å². The Morgan fingerprint density at radius 2 is 1.71 bits per heavy atom. The van der Waals surface area contributed by atoms with Crippen LogP contribution in [0.4, 0.5) is 11.4 Å². The molecule has 2 saturated heterocycles. The summed E-state index contributed by atoms with van der Waals surface area (Å²) in [6.07, 6.45) is 6.40. The molecule has 2 aliphatic heterocycles. The summed E-state index contributed by atoms with van der Waals surface area (Å²) in [5, 5.41) is 3.47. The quantitative estimate of drug-likeness (QED) is 0.636. The molecule has 7 heteroatoms. The zero-order valence-electron chi connectivity index (χ0n) is 19.7. The monoisotopic (exact) mass is 481 g/mol. The minimum atomic E-state index is -0.00513.